The van der Waals surface area contributed by atoms with Crippen LogP contribution in [0, 0.1) is 5.92 Å². The molecular weight excluding hydrogens is 370 g/mol. The third-order valence-electron chi connectivity index (χ3n) is 5.05. The van der Waals surface area contributed by atoms with Crippen LogP contribution in [0.5, 0.6) is 0 Å². The number of hydrogen-bond acceptors (Lipinski definition) is 5. The summed E-state index contributed by atoms with van der Waals surface area (Å²) in [4.78, 5) is 40.6. The van der Waals surface area contributed by atoms with Gasteiger partial charge in [0, 0.05) is 13.1 Å². The minimum Gasteiger partial charge on any atom is -0.353 e. The van der Waals surface area contributed by atoms with Crippen LogP contribution >= 0.6 is 23.5 Å². The van der Waals surface area contributed by atoms with Gasteiger partial charge >= 0.3 is 0 Å². The van der Waals surface area contributed by atoms with Crippen molar-refractivity contribution in [3.63, 3.8) is 0 Å². The molecule has 26 heavy (non-hydrogen) atoms. The molecule has 0 bridgehead atoms. The Morgan fingerprint density at radius 1 is 1.38 bits per heavy atom. The van der Waals surface area contributed by atoms with Crippen LogP contribution in [0.15, 0.2) is 0 Å². The molecule has 1 unspecified atom stereocenters. The zero-order valence-corrected chi connectivity index (χ0v) is 17.9. The van der Waals surface area contributed by atoms with E-state index in [2.05, 4.69) is 26.1 Å². The minimum atomic E-state index is -0.374. The van der Waals surface area contributed by atoms with Crippen molar-refractivity contribution in [2.24, 2.45) is 5.92 Å². The first kappa shape index (κ1) is 21.4. The Balaban J connectivity index is 1.94. The number of nitrogens with one attached hydrogen (secondary N) is 1. The fraction of sp³-hybridized carbons (Fsp3) is 0.833. The van der Waals surface area contributed by atoms with Gasteiger partial charge in [0.1, 0.15) is 6.54 Å². The molecule has 0 aliphatic carbocycles. The molecule has 2 rings (SSSR count). The molecule has 2 fully saturated rings. The standard InChI is InChI=1S/C18H31N3O3S2/c1-5-26-16(13(2)3)17(24)19-11-18(4)7-6-8-21(18)14(22)9-20-12-25-10-15(20)23/h13,16H,5-12H2,1-4H3,(H,19,24)/t16?,18-/m1/s1. The third-order valence-corrected chi connectivity index (χ3v) is 7.45. The molecule has 2 aliphatic rings. The van der Waals surface area contributed by atoms with Crippen molar-refractivity contribution in [3.05, 3.63) is 0 Å². The number of amides is 3. The lowest BCUT2D eigenvalue weighted by molar-refractivity contribution is -0.140. The van der Waals surface area contributed by atoms with Gasteiger partial charge < -0.3 is 15.1 Å². The second-order valence-electron chi connectivity index (χ2n) is 7.55. The van der Waals surface area contributed by atoms with Gasteiger partial charge in [0.25, 0.3) is 0 Å². The number of carbonyl (C=O) groups excluding carboxylic acids is 3. The quantitative estimate of drug-likeness (QED) is 0.672. The largest absolute Gasteiger partial charge is 0.353 e. The van der Waals surface area contributed by atoms with Gasteiger partial charge in [0.2, 0.25) is 17.7 Å². The van der Waals surface area contributed by atoms with Crippen molar-refractivity contribution in [1.82, 2.24) is 15.1 Å². The highest BCUT2D eigenvalue weighted by molar-refractivity contribution is 8.00. The maximum absolute atomic E-state index is 12.8. The van der Waals surface area contributed by atoms with Gasteiger partial charge in [-0.05, 0) is 31.4 Å². The van der Waals surface area contributed by atoms with Crippen LogP contribution in [-0.2, 0) is 14.4 Å². The predicted octanol–water partition coefficient (Wildman–Crippen LogP) is 1.79. The van der Waals surface area contributed by atoms with E-state index in [-0.39, 0.29) is 41.0 Å². The fourth-order valence-electron chi connectivity index (χ4n) is 3.55. The van der Waals surface area contributed by atoms with E-state index in [1.165, 1.54) is 0 Å². The average Bonchev–Trinajstić information content (AvgIpc) is 3.16. The molecule has 0 aromatic carbocycles. The van der Waals surface area contributed by atoms with Crippen LogP contribution in [0.25, 0.3) is 0 Å². The highest BCUT2D eigenvalue weighted by Gasteiger charge is 2.41. The van der Waals surface area contributed by atoms with Gasteiger partial charge in [-0.25, -0.2) is 0 Å². The molecule has 2 aliphatic heterocycles. The molecule has 148 valence electrons. The maximum Gasteiger partial charge on any atom is 0.242 e. The smallest absolute Gasteiger partial charge is 0.242 e. The van der Waals surface area contributed by atoms with Crippen LogP contribution in [0.3, 0.4) is 0 Å². The molecule has 0 spiro atoms. The highest BCUT2D eigenvalue weighted by Crippen LogP contribution is 2.29. The number of nitrogens with zero attached hydrogens (tertiary/aromatic N) is 2. The second-order valence-corrected chi connectivity index (χ2v) is 9.93. The number of rotatable bonds is 8. The molecule has 8 heteroatoms. The van der Waals surface area contributed by atoms with Gasteiger partial charge in [-0.1, -0.05) is 20.8 Å². The molecule has 2 saturated heterocycles. The van der Waals surface area contributed by atoms with E-state index in [0.717, 1.165) is 18.6 Å². The van der Waals surface area contributed by atoms with Crippen LogP contribution in [-0.4, -0.2) is 75.3 Å². The first-order valence-corrected chi connectivity index (χ1v) is 11.5. The summed E-state index contributed by atoms with van der Waals surface area (Å²) >= 11 is 3.21. The highest BCUT2D eigenvalue weighted by atomic mass is 32.2. The number of hydrogen-bond donors (Lipinski definition) is 1. The summed E-state index contributed by atoms with van der Waals surface area (Å²) < 4.78 is 0. The summed E-state index contributed by atoms with van der Waals surface area (Å²) in [5.41, 5.74) is -0.374. The fourth-order valence-corrected chi connectivity index (χ4v) is 5.43. The SMILES string of the molecule is CCSC(C(=O)NC[C@@]1(C)CCCN1C(=O)CN1CSCC1=O)C(C)C. The predicted molar refractivity (Wildman–Crippen MR) is 108 cm³/mol. The van der Waals surface area contributed by atoms with E-state index in [4.69, 9.17) is 0 Å². The van der Waals surface area contributed by atoms with Gasteiger partial charge in [0.05, 0.1) is 22.4 Å². The number of thioether (sulfide) groups is 2. The van der Waals surface area contributed by atoms with Crippen molar-refractivity contribution in [1.29, 1.82) is 0 Å². The number of likely N-dealkylation sites (tertiary alicyclic amines) is 1. The zero-order valence-electron chi connectivity index (χ0n) is 16.2. The lowest BCUT2D eigenvalue weighted by Crippen LogP contribution is -2.55. The Hall–Kier alpha value is -0.890. The van der Waals surface area contributed by atoms with Gasteiger partial charge in [-0.3, -0.25) is 14.4 Å². The van der Waals surface area contributed by atoms with Crippen molar-refractivity contribution in [2.45, 2.75) is 51.3 Å². The lowest BCUT2D eigenvalue weighted by Gasteiger charge is -2.37. The molecule has 0 radical (unpaired) electrons. The lowest BCUT2D eigenvalue weighted by atomic mass is 9.98. The van der Waals surface area contributed by atoms with E-state index >= 15 is 0 Å². The van der Waals surface area contributed by atoms with Crippen LogP contribution < -0.4 is 5.32 Å². The molecule has 0 aromatic rings. The summed E-state index contributed by atoms with van der Waals surface area (Å²) in [5.74, 6) is 2.31. The summed E-state index contributed by atoms with van der Waals surface area (Å²) in [6.45, 7) is 9.53. The van der Waals surface area contributed by atoms with Crippen LogP contribution in [0.2, 0.25) is 0 Å². The Morgan fingerprint density at radius 3 is 2.69 bits per heavy atom. The molecule has 6 nitrogen and oxygen atoms in total. The molecule has 2 atom stereocenters. The summed E-state index contributed by atoms with van der Waals surface area (Å²) in [7, 11) is 0. The first-order valence-electron chi connectivity index (χ1n) is 9.34. The monoisotopic (exact) mass is 401 g/mol. The van der Waals surface area contributed by atoms with Gasteiger partial charge in [0.15, 0.2) is 0 Å². The maximum atomic E-state index is 12.8. The third kappa shape index (κ3) is 5.09. The van der Waals surface area contributed by atoms with Crippen molar-refractivity contribution >= 4 is 41.2 Å². The Kier molecular flexibility index (Phi) is 7.70. The molecule has 2 heterocycles. The summed E-state index contributed by atoms with van der Waals surface area (Å²) in [6.07, 6.45) is 1.80. The van der Waals surface area contributed by atoms with E-state index < -0.39 is 0 Å². The minimum absolute atomic E-state index is 0.0153. The second kappa shape index (κ2) is 9.35. The van der Waals surface area contributed by atoms with E-state index in [0.29, 0.717) is 24.7 Å². The van der Waals surface area contributed by atoms with Crippen LogP contribution in [0.4, 0.5) is 0 Å². The molecule has 3 amide bonds. The van der Waals surface area contributed by atoms with Gasteiger partial charge in [-0.2, -0.15) is 0 Å². The topological polar surface area (TPSA) is 69.7 Å². The van der Waals surface area contributed by atoms with E-state index in [1.54, 1.807) is 28.4 Å². The number of carbonyl (C=O) groups is 3. The molecule has 0 saturated carbocycles. The van der Waals surface area contributed by atoms with E-state index in [1.807, 2.05) is 11.8 Å². The van der Waals surface area contributed by atoms with Crippen molar-refractivity contribution < 1.29 is 14.4 Å². The molecular formula is C18H31N3O3S2. The molecule has 0 aromatic heterocycles. The van der Waals surface area contributed by atoms with Crippen molar-refractivity contribution in [2.75, 3.05) is 37.0 Å². The Labute approximate surface area is 165 Å². The van der Waals surface area contributed by atoms with Crippen LogP contribution in [0.1, 0.15) is 40.5 Å². The summed E-state index contributed by atoms with van der Waals surface area (Å²) in [6, 6.07) is 0. The Bertz CT molecular complexity index is 544. The normalized spacial score (nSPS) is 24.4. The Morgan fingerprint density at radius 2 is 2.12 bits per heavy atom. The average molecular weight is 402 g/mol. The van der Waals surface area contributed by atoms with E-state index in [9.17, 15) is 14.4 Å². The van der Waals surface area contributed by atoms with Crippen molar-refractivity contribution in [3.8, 4) is 0 Å². The first-order chi connectivity index (χ1) is 12.3. The van der Waals surface area contributed by atoms with Gasteiger partial charge in [-0.15, -0.1) is 23.5 Å². The molecule has 1 N–H and O–H groups in total. The summed E-state index contributed by atoms with van der Waals surface area (Å²) in [5, 5.41) is 3.02. The zero-order chi connectivity index (χ0) is 19.3.